The van der Waals surface area contributed by atoms with Crippen LogP contribution in [-0.4, -0.2) is 0 Å². The average Bonchev–Trinajstić information content (AvgIpc) is 4.01. The van der Waals surface area contributed by atoms with E-state index in [2.05, 4.69) is 286 Å². The van der Waals surface area contributed by atoms with Gasteiger partial charge in [-0.3, -0.25) is 0 Å². The van der Waals surface area contributed by atoms with Crippen molar-refractivity contribution < 1.29 is 0 Å². The van der Waals surface area contributed by atoms with E-state index < -0.39 is 5.41 Å². The van der Waals surface area contributed by atoms with Gasteiger partial charge in [0.2, 0.25) is 0 Å². The van der Waals surface area contributed by atoms with E-state index in [1.165, 1.54) is 100 Å². The quantitative estimate of drug-likeness (QED) is 0.147. The van der Waals surface area contributed by atoms with Gasteiger partial charge in [-0.2, -0.15) is 0 Å². The first-order valence-corrected chi connectivity index (χ1v) is 25.6. The Balaban J connectivity index is 0.941. The summed E-state index contributed by atoms with van der Waals surface area (Å²) in [5, 5.41) is 0. The standard InChI is InChI=1S/C71H53N/c1-69(2)62-35-16-12-30-57(62)60-45-44-55(47-67(60)69)72(53-42-40-52(41-43-53)70(49-23-6-3-7-24-49)63-36-17-13-31-58(63)59-32-14-18-37-64(59)70)54-29-20-22-48(46-54)56-34-21-39-66-68(56)61-33-15-19-38-65(61)71(66,50-25-8-4-9-26-50)51-27-10-5-11-28-51/h3-40,42-47,52H,41H2,1-2H3. The van der Waals surface area contributed by atoms with Crippen molar-refractivity contribution >= 4 is 11.4 Å². The van der Waals surface area contributed by atoms with Crippen LogP contribution < -0.4 is 4.90 Å². The summed E-state index contributed by atoms with van der Waals surface area (Å²) in [7, 11) is 0. The first-order chi connectivity index (χ1) is 35.5. The van der Waals surface area contributed by atoms with E-state index in [1.54, 1.807) is 0 Å². The Morgan fingerprint density at radius 3 is 1.49 bits per heavy atom. The summed E-state index contributed by atoms with van der Waals surface area (Å²) in [4.78, 5) is 2.52. The smallest absolute Gasteiger partial charge is 0.0713 e. The number of rotatable bonds is 8. The van der Waals surface area contributed by atoms with E-state index in [1.807, 2.05) is 0 Å². The van der Waals surface area contributed by atoms with Gasteiger partial charge >= 0.3 is 0 Å². The molecule has 0 aliphatic heterocycles. The number of anilines is 2. The molecule has 0 heterocycles. The maximum atomic E-state index is 2.53. The molecular formula is C71H53N. The van der Waals surface area contributed by atoms with Gasteiger partial charge < -0.3 is 4.90 Å². The molecule has 1 heteroatoms. The lowest BCUT2D eigenvalue weighted by Gasteiger charge is -2.41. The van der Waals surface area contributed by atoms with Crippen LogP contribution in [0.15, 0.2) is 273 Å². The molecule has 0 bridgehead atoms. The molecule has 0 spiro atoms. The minimum Gasteiger partial charge on any atom is -0.311 e. The molecule has 72 heavy (non-hydrogen) atoms. The Bertz CT molecular complexity index is 3730. The molecule has 4 aliphatic rings. The molecule has 0 fully saturated rings. The van der Waals surface area contributed by atoms with Crippen molar-refractivity contribution in [1.29, 1.82) is 0 Å². The molecule has 10 aromatic carbocycles. The summed E-state index contributed by atoms with van der Waals surface area (Å²) in [6, 6.07) is 93.3. The van der Waals surface area contributed by atoms with Gasteiger partial charge in [-0.05, 0) is 137 Å². The molecular weight excluding hydrogens is 867 g/mol. The van der Waals surface area contributed by atoms with Crippen LogP contribution in [-0.2, 0) is 16.2 Å². The molecule has 0 N–H and O–H groups in total. The first kappa shape index (κ1) is 42.4. The van der Waals surface area contributed by atoms with Crippen LogP contribution in [0.3, 0.4) is 0 Å². The second-order valence-electron chi connectivity index (χ2n) is 20.6. The zero-order valence-corrected chi connectivity index (χ0v) is 40.6. The highest BCUT2D eigenvalue weighted by atomic mass is 15.1. The highest BCUT2D eigenvalue weighted by molar-refractivity contribution is 5.96. The van der Waals surface area contributed by atoms with Crippen LogP contribution in [0.2, 0.25) is 0 Å². The largest absolute Gasteiger partial charge is 0.311 e. The third-order valence-corrected chi connectivity index (χ3v) is 16.8. The molecule has 1 unspecified atom stereocenters. The Morgan fingerprint density at radius 2 is 0.861 bits per heavy atom. The molecule has 0 saturated heterocycles. The Morgan fingerprint density at radius 1 is 0.375 bits per heavy atom. The molecule has 14 rings (SSSR count). The van der Waals surface area contributed by atoms with Gasteiger partial charge in [-0.15, -0.1) is 0 Å². The lowest BCUT2D eigenvalue weighted by atomic mass is 9.62. The van der Waals surface area contributed by atoms with E-state index >= 15 is 0 Å². The fourth-order valence-electron chi connectivity index (χ4n) is 13.8. The maximum absolute atomic E-state index is 2.53. The SMILES string of the molecule is CC1(C)c2ccccc2-c2ccc(N(C3=CCC(C4(c5ccccc5)c5ccccc5-c5ccccc54)C=C3)c3cccc(-c4cccc5c4-c4ccccc4C5(c4ccccc4)c4ccccc4)c3)cc21. The summed E-state index contributed by atoms with van der Waals surface area (Å²) < 4.78 is 0. The molecule has 0 amide bonds. The van der Waals surface area contributed by atoms with Gasteiger partial charge in [0.05, 0.1) is 10.8 Å². The highest BCUT2D eigenvalue weighted by Gasteiger charge is 2.50. The van der Waals surface area contributed by atoms with Crippen LogP contribution in [0.5, 0.6) is 0 Å². The zero-order valence-electron chi connectivity index (χ0n) is 40.6. The predicted octanol–water partition coefficient (Wildman–Crippen LogP) is 17.6. The minimum atomic E-state index is -0.478. The summed E-state index contributed by atoms with van der Waals surface area (Å²) in [6.07, 6.45) is 8.33. The van der Waals surface area contributed by atoms with Crippen molar-refractivity contribution in [2.75, 3.05) is 4.90 Å². The topological polar surface area (TPSA) is 3.24 Å². The number of allylic oxidation sites excluding steroid dienone is 3. The highest BCUT2D eigenvalue weighted by Crippen LogP contribution is 2.60. The number of hydrogen-bond donors (Lipinski definition) is 0. The fourth-order valence-corrected chi connectivity index (χ4v) is 13.8. The summed E-state index contributed by atoms with van der Waals surface area (Å²) in [6.45, 7) is 4.77. The lowest BCUT2D eigenvalue weighted by molar-refractivity contribution is 0.456. The van der Waals surface area contributed by atoms with Crippen LogP contribution in [0, 0.1) is 5.92 Å². The average molecular weight is 920 g/mol. The van der Waals surface area contributed by atoms with Crippen LogP contribution in [0.4, 0.5) is 11.4 Å². The van der Waals surface area contributed by atoms with Gasteiger partial charge in [-0.25, -0.2) is 0 Å². The van der Waals surface area contributed by atoms with Crippen molar-refractivity contribution in [2.24, 2.45) is 5.92 Å². The summed E-state index contributed by atoms with van der Waals surface area (Å²) in [5.74, 6) is 0.177. The van der Waals surface area contributed by atoms with Gasteiger partial charge in [0.25, 0.3) is 0 Å². The number of nitrogens with zero attached hydrogens (tertiary/aromatic N) is 1. The third kappa shape index (κ3) is 5.95. The molecule has 4 aliphatic carbocycles. The zero-order chi connectivity index (χ0) is 48.0. The Kier molecular flexibility index (Phi) is 9.57. The van der Waals surface area contributed by atoms with Crippen molar-refractivity contribution in [3.63, 3.8) is 0 Å². The van der Waals surface area contributed by atoms with Gasteiger partial charge in [0.15, 0.2) is 0 Å². The van der Waals surface area contributed by atoms with E-state index in [4.69, 9.17) is 0 Å². The molecule has 1 atom stereocenters. The van der Waals surface area contributed by atoms with E-state index in [-0.39, 0.29) is 16.7 Å². The normalized spacial score (nSPS) is 16.6. The second-order valence-corrected chi connectivity index (χ2v) is 20.6. The summed E-state index contributed by atoms with van der Waals surface area (Å²) >= 11 is 0. The Labute approximate surface area is 423 Å². The first-order valence-electron chi connectivity index (χ1n) is 25.6. The monoisotopic (exact) mass is 919 g/mol. The maximum Gasteiger partial charge on any atom is 0.0713 e. The van der Waals surface area contributed by atoms with E-state index in [0.717, 1.165) is 17.8 Å². The van der Waals surface area contributed by atoms with Crippen LogP contribution >= 0.6 is 0 Å². The molecule has 0 aromatic heterocycles. The van der Waals surface area contributed by atoms with Gasteiger partial charge in [0, 0.05) is 22.5 Å². The Hall–Kier alpha value is -8.52. The number of hydrogen-bond acceptors (Lipinski definition) is 1. The molecule has 342 valence electrons. The minimum absolute atomic E-state index is 0.148. The molecule has 10 aromatic rings. The fraction of sp³-hybridized carbons (Fsp3) is 0.0986. The predicted molar refractivity (Wildman–Crippen MR) is 299 cm³/mol. The summed E-state index contributed by atoms with van der Waals surface area (Å²) in [5.41, 5.74) is 24.8. The number of fused-ring (bicyclic) bond motifs is 9. The van der Waals surface area contributed by atoms with Gasteiger partial charge in [0.1, 0.15) is 0 Å². The van der Waals surface area contributed by atoms with Crippen LogP contribution in [0.25, 0.3) is 44.5 Å². The van der Waals surface area contributed by atoms with Crippen molar-refractivity contribution in [3.8, 4) is 44.5 Å². The van der Waals surface area contributed by atoms with Crippen molar-refractivity contribution in [1.82, 2.24) is 0 Å². The number of benzene rings is 10. The molecule has 0 saturated carbocycles. The van der Waals surface area contributed by atoms with Crippen molar-refractivity contribution in [2.45, 2.75) is 36.5 Å². The third-order valence-electron chi connectivity index (χ3n) is 16.8. The van der Waals surface area contributed by atoms with Gasteiger partial charge in [-0.1, -0.05) is 250 Å². The van der Waals surface area contributed by atoms with E-state index in [0.29, 0.717) is 0 Å². The van der Waals surface area contributed by atoms with Crippen molar-refractivity contribution in [3.05, 3.63) is 323 Å². The molecule has 0 radical (unpaired) electrons. The van der Waals surface area contributed by atoms with E-state index in [9.17, 15) is 0 Å². The molecule has 1 nitrogen and oxygen atoms in total. The second kappa shape index (κ2) is 16.3. The lowest BCUT2D eigenvalue weighted by Crippen LogP contribution is -2.36. The van der Waals surface area contributed by atoms with Crippen LogP contribution in [0.1, 0.15) is 70.3 Å².